The summed E-state index contributed by atoms with van der Waals surface area (Å²) in [5.41, 5.74) is 4.67. The van der Waals surface area contributed by atoms with Crippen LogP contribution in [-0.2, 0) is 4.79 Å². The van der Waals surface area contributed by atoms with E-state index in [-0.39, 0.29) is 0 Å². The molecule has 0 atom stereocenters. The summed E-state index contributed by atoms with van der Waals surface area (Å²) in [7, 11) is 0. The van der Waals surface area contributed by atoms with Crippen LogP contribution in [0.1, 0.15) is 0 Å². The molecule has 0 aromatic heterocycles. The Morgan fingerprint density at radius 3 is 2.33 bits per heavy atom. The quantitative estimate of drug-likeness (QED) is 0.425. The molecule has 0 unspecified atom stereocenters. The van der Waals surface area contributed by atoms with Crippen molar-refractivity contribution < 1.29 is 9.90 Å². The average Bonchev–Trinajstić information content (AvgIpc) is 1.35. The summed E-state index contributed by atoms with van der Waals surface area (Å²) < 4.78 is 0. The molecule has 0 rings (SSSR count). The molecule has 0 aliphatic rings. The van der Waals surface area contributed by atoms with E-state index in [1.54, 1.807) is 0 Å². The van der Waals surface area contributed by atoms with E-state index >= 15 is 0 Å². The van der Waals surface area contributed by atoms with Crippen molar-refractivity contribution in [2.45, 2.75) is 0 Å². The van der Waals surface area contributed by atoms with E-state index in [0.717, 1.165) is 12.3 Å². The first-order valence-electron chi connectivity index (χ1n) is 1.38. The highest BCUT2D eigenvalue weighted by Crippen LogP contribution is 1.59. The SMILES string of the molecule is N/C=C/C(=O)O. The molecular formula is C3H5NO2. The van der Waals surface area contributed by atoms with Gasteiger partial charge in [0.25, 0.3) is 0 Å². The van der Waals surface area contributed by atoms with Crippen molar-refractivity contribution in [1.29, 1.82) is 0 Å². The number of rotatable bonds is 1. The smallest absolute Gasteiger partial charge is 0.329 e. The number of carboxylic acids is 1. The predicted octanol–water partition coefficient (Wildman–Crippen LogP) is -0.457. The molecule has 0 heterocycles. The van der Waals surface area contributed by atoms with Crippen molar-refractivity contribution in [2.24, 2.45) is 5.73 Å². The number of carbonyl (C=O) groups is 1. The maximum atomic E-state index is 9.43. The summed E-state index contributed by atoms with van der Waals surface area (Å²) >= 11 is 0. The van der Waals surface area contributed by atoms with Gasteiger partial charge in [0.05, 0.1) is 0 Å². The fourth-order valence-electron chi connectivity index (χ4n) is 0.0823. The minimum Gasteiger partial charge on any atom is -0.478 e. The molecular weight excluding hydrogens is 82.0 g/mol. The Bertz CT molecular complexity index is 76.9. The van der Waals surface area contributed by atoms with Crippen LogP contribution in [0.5, 0.6) is 0 Å². The molecule has 0 spiro atoms. The molecule has 34 valence electrons. The van der Waals surface area contributed by atoms with E-state index in [2.05, 4.69) is 5.73 Å². The second kappa shape index (κ2) is 2.26. The highest BCUT2D eigenvalue weighted by atomic mass is 16.4. The summed E-state index contributed by atoms with van der Waals surface area (Å²) in [6.45, 7) is 0. The van der Waals surface area contributed by atoms with Crippen LogP contribution in [0.2, 0.25) is 0 Å². The summed E-state index contributed by atoms with van der Waals surface area (Å²) in [5, 5.41) is 7.75. The number of hydrogen-bond donors (Lipinski definition) is 2. The molecule has 0 saturated carbocycles. The van der Waals surface area contributed by atoms with Crippen LogP contribution in [0.15, 0.2) is 12.3 Å². The third kappa shape index (κ3) is 3.01. The third-order valence-corrected chi connectivity index (χ3v) is 0.239. The predicted molar refractivity (Wildman–Crippen MR) is 21.0 cm³/mol. The van der Waals surface area contributed by atoms with Gasteiger partial charge in [0.2, 0.25) is 0 Å². The van der Waals surface area contributed by atoms with E-state index in [4.69, 9.17) is 5.11 Å². The van der Waals surface area contributed by atoms with E-state index in [0.29, 0.717) is 0 Å². The largest absolute Gasteiger partial charge is 0.478 e. The molecule has 0 aromatic carbocycles. The van der Waals surface area contributed by atoms with Crippen LogP contribution in [0.4, 0.5) is 0 Å². The van der Waals surface area contributed by atoms with E-state index in [1.165, 1.54) is 0 Å². The lowest BCUT2D eigenvalue weighted by atomic mass is 10.6. The Hall–Kier alpha value is -0.990. The second-order valence-corrected chi connectivity index (χ2v) is 0.697. The van der Waals surface area contributed by atoms with Crippen LogP contribution in [0.3, 0.4) is 0 Å². The zero-order valence-electron chi connectivity index (χ0n) is 3.09. The first-order valence-corrected chi connectivity index (χ1v) is 1.38. The van der Waals surface area contributed by atoms with Gasteiger partial charge in [-0.3, -0.25) is 0 Å². The number of aliphatic carboxylic acids is 1. The Morgan fingerprint density at radius 2 is 2.33 bits per heavy atom. The first kappa shape index (κ1) is 5.01. The molecule has 3 nitrogen and oxygen atoms in total. The maximum Gasteiger partial charge on any atom is 0.329 e. The molecule has 0 radical (unpaired) electrons. The number of nitrogens with two attached hydrogens (primary N) is 1. The van der Waals surface area contributed by atoms with E-state index < -0.39 is 5.97 Å². The van der Waals surface area contributed by atoms with E-state index in [9.17, 15) is 4.79 Å². The summed E-state index contributed by atoms with van der Waals surface area (Å²) in [4.78, 5) is 9.43. The van der Waals surface area contributed by atoms with Gasteiger partial charge in [-0.25, -0.2) is 4.79 Å². The summed E-state index contributed by atoms with van der Waals surface area (Å²) in [6, 6.07) is 0. The van der Waals surface area contributed by atoms with Gasteiger partial charge in [0.1, 0.15) is 0 Å². The molecule has 3 N–H and O–H groups in total. The molecule has 6 heavy (non-hydrogen) atoms. The fourth-order valence-corrected chi connectivity index (χ4v) is 0.0823. The van der Waals surface area contributed by atoms with Crippen LogP contribution in [-0.4, -0.2) is 11.1 Å². The molecule has 0 aliphatic carbocycles. The van der Waals surface area contributed by atoms with Crippen LogP contribution in [0, 0.1) is 0 Å². The van der Waals surface area contributed by atoms with Gasteiger partial charge >= 0.3 is 5.97 Å². The molecule has 3 heteroatoms. The average molecular weight is 87.1 g/mol. The zero-order valence-corrected chi connectivity index (χ0v) is 3.09. The standard InChI is InChI=1S/C3H5NO2/c4-2-1-3(5)6/h1-2H,4H2,(H,5,6)/b2-1+. The van der Waals surface area contributed by atoms with Gasteiger partial charge in [-0.2, -0.15) is 0 Å². The van der Waals surface area contributed by atoms with Gasteiger partial charge in [0, 0.05) is 12.3 Å². The normalized spacial score (nSPS) is 9.33. The molecule has 0 aromatic rings. The zero-order chi connectivity index (χ0) is 4.99. The van der Waals surface area contributed by atoms with Gasteiger partial charge in [-0.05, 0) is 0 Å². The maximum absolute atomic E-state index is 9.43. The summed E-state index contributed by atoms with van der Waals surface area (Å²) in [6.07, 6.45) is 1.84. The summed E-state index contributed by atoms with van der Waals surface area (Å²) in [5.74, 6) is -1.02. The lowest BCUT2D eigenvalue weighted by Crippen LogP contribution is -1.88. The topological polar surface area (TPSA) is 63.3 Å². The minimum absolute atomic E-state index is 0.861. The second-order valence-electron chi connectivity index (χ2n) is 0.697. The van der Waals surface area contributed by atoms with Crippen molar-refractivity contribution in [2.75, 3.05) is 0 Å². The van der Waals surface area contributed by atoms with Crippen molar-refractivity contribution >= 4 is 5.97 Å². The molecule has 0 amide bonds. The van der Waals surface area contributed by atoms with Crippen molar-refractivity contribution in [3.63, 3.8) is 0 Å². The lowest BCUT2D eigenvalue weighted by Gasteiger charge is -1.69. The molecule has 0 fully saturated rings. The van der Waals surface area contributed by atoms with Crippen molar-refractivity contribution in [3.8, 4) is 0 Å². The highest BCUT2D eigenvalue weighted by Gasteiger charge is 1.77. The van der Waals surface area contributed by atoms with Gasteiger partial charge in [0.15, 0.2) is 0 Å². The van der Waals surface area contributed by atoms with Crippen LogP contribution < -0.4 is 5.73 Å². The minimum atomic E-state index is -1.02. The Labute approximate surface area is 35.1 Å². The number of carboxylic acid groups (broad SMARTS) is 1. The Morgan fingerprint density at radius 1 is 1.83 bits per heavy atom. The van der Waals surface area contributed by atoms with Gasteiger partial charge < -0.3 is 10.8 Å². The van der Waals surface area contributed by atoms with E-state index in [1.807, 2.05) is 0 Å². The van der Waals surface area contributed by atoms with Crippen molar-refractivity contribution in [3.05, 3.63) is 12.3 Å². The monoisotopic (exact) mass is 87.0 g/mol. The highest BCUT2D eigenvalue weighted by molar-refractivity contribution is 5.79. The van der Waals surface area contributed by atoms with Crippen molar-refractivity contribution in [1.82, 2.24) is 0 Å². The van der Waals surface area contributed by atoms with Gasteiger partial charge in [-0.15, -0.1) is 0 Å². The Balaban J connectivity index is 3.30. The number of hydrogen-bond acceptors (Lipinski definition) is 2. The fraction of sp³-hybridized carbons (Fsp3) is 0. The van der Waals surface area contributed by atoms with Crippen LogP contribution >= 0.6 is 0 Å². The first-order chi connectivity index (χ1) is 2.77. The Kier molecular flexibility index (Phi) is 1.89. The molecule has 0 saturated heterocycles. The van der Waals surface area contributed by atoms with Crippen LogP contribution in [0.25, 0.3) is 0 Å². The third-order valence-electron chi connectivity index (χ3n) is 0.239. The molecule has 0 aliphatic heterocycles. The van der Waals surface area contributed by atoms with Gasteiger partial charge in [-0.1, -0.05) is 0 Å². The lowest BCUT2D eigenvalue weighted by molar-refractivity contribution is -0.131. The molecule has 0 bridgehead atoms.